The Kier molecular flexibility index (Phi) is 9.58. The normalized spacial score (nSPS) is 28.7. The van der Waals surface area contributed by atoms with E-state index in [-0.39, 0.29) is 32.4 Å². The zero-order valence-electron chi connectivity index (χ0n) is 30.3. The predicted molar refractivity (Wildman–Crippen MR) is 199 cm³/mol. The molecule has 3 amide bonds. The number of alkyl carbamates (subject to hydrolysis) is 1. The fourth-order valence-corrected chi connectivity index (χ4v) is 9.07. The average molecular weight is 743 g/mol. The first-order valence-electron chi connectivity index (χ1n) is 18.3. The molecule has 5 atom stereocenters. The average Bonchev–Trinajstić information content (AvgIpc) is 4.03. The summed E-state index contributed by atoms with van der Waals surface area (Å²) in [6.07, 6.45) is 6.40. The van der Waals surface area contributed by atoms with Gasteiger partial charge in [0.2, 0.25) is 21.8 Å². The minimum atomic E-state index is -3.85. The Morgan fingerprint density at radius 1 is 1.09 bits per heavy atom. The van der Waals surface area contributed by atoms with Gasteiger partial charge in [-0.05, 0) is 66.2 Å². The Morgan fingerprint density at radius 3 is 2.53 bits per heavy atom. The molecular formula is C40H46N4O8S. The van der Waals surface area contributed by atoms with Crippen LogP contribution < -0.4 is 10.0 Å². The molecule has 12 nitrogen and oxygen atoms in total. The molecule has 2 saturated carbocycles. The summed E-state index contributed by atoms with van der Waals surface area (Å²) in [5, 5.41) is 6.81. The summed E-state index contributed by atoms with van der Waals surface area (Å²) >= 11 is 0. The summed E-state index contributed by atoms with van der Waals surface area (Å²) in [5.41, 5.74) is 3.38. The van der Waals surface area contributed by atoms with Crippen molar-refractivity contribution in [2.75, 3.05) is 13.2 Å². The van der Waals surface area contributed by atoms with Crippen molar-refractivity contribution >= 4 is 45.5 Å². The second kappa shape index (κ2) is 13.9. The molecule has 2 heterocycles. The zero-order chi connectivity index (χ0) is 37.7. The molecule has 5 aliphatic rings. The number of fused-ring (bicyclic) bond motifs is 6. The molecule has 0 unspecified atom stereocenters. The molecule has 3 fully saturated rings. The van der Waals surface area contributed by atoms with Gasteiger partial charge in [-0.15, -0.1) is 6.58 Å². The Hall–Kier alpha value is -4.78. The van der Waals surface area contributed by atoms with Crippen molar-refractivity contribution < 1.29 is 37.2 Å². The maximum atomic E-state index is 14.5. The van der Waals surface area contributed by atoms with Gasteiger partial charge in [-0.2, -0.15) is 0 Å². The van der Waals surface area contributed by atoms with Gasteiger partial charge in [-0.25, -0.2) is 13.2 Å². The van der Waals surface area contributed by atoms with Crippen molar-refractivity contribution in [1.82, 2.24) is 14.9 Å². The van der Waals surface area contributed by atoms with E-state index in [0.717, 1.165) is 27.8 Å². The number of carbonyl (C=O) groups is 4. The molecule has 3 aliphatic carbocycles. The largest absolute Gasteiger partial charge is 0.450 e. The van der Waals surface area contributed by atoms with Gasteiger partial charge < -0.3 is 19.8 Å². The number of oxime groups is 1. The number of sulfonamides is 1. The Labute approximate surface area is 310 Å². The smallest absolute Gasteiger partial charge is 0.407 e. The summed E-state index contributed by atoms with van der Waals surface area (Å²) < 4.78 is 33.1. The SMILES string of the molecule is C=C[C@@H]1C[C@]1(CC(=O)[C@@H]1C[C@@H]2CN1C(=O)[C@H](C(C)(C)C)NC(=O)OCCC/C=C/c1ccc3c(c1)/C(=N\O2)c1ccccc1-3)C(=O)NS(=O)(=O)C1CC1. The van der Waals surface area contributed by atoms with Gasteiger partial charge in [0.1, 0.15) is 17.9 Å². The number of cyclic esters (lactones) is 1. The van der Waals surface area contributed by atoms with Gasteiger partial charge >= 0.3 is 6.09 Å². The van der Waals surface area contributed by atoms with E-state index in [1.165, 1.54) is 4.90 Å². The molecule has 2 aromatic carbocycles. The van der Waals surface area contributed by atoms with Crippen molar-refractivity contribution in [3.05, 3.63) is 77.9 Å². The van der Waals surface area contributed by atoms with Crippen LogP contribution in [0.2, 0.25) is 0 Å². The molecule has 53 heavy (non-hydrogen) atoms. The fourth-order valence-electron chi connectivity index (χ4n) is 7.68. The third-order valence-electron chi connectivity index (χ3n) is 11.0. The minimum Gasteiger partial charge on any atom is -0.450 e. The first kappa shape index (κ1) is 36.6. The van der Waals surface area contributed by atoms with Crippen LogP contribution >= 0.6 is 0 Å². The van der Waals surface area contributed by atoms with Gasteiger partial charge in [0, 0.05) is 24.0 Å². The number of benzene rings is 2. The number of ether oxygens (including phenoxy) is 1. The van der Waals surface area contributed by atoms with E-state index in [4.69, 9.17) is 9.57 Å². The van der Waals surface area contributed by atoms with Crippen LogP contribution in [0.4, 0.5) is 4.79 Å². The molecule has 7 rings (SSSR count). The van der Waals surface area contributed by atoms with Crippen LogP contribution in [0.3, 0.4) is 0 Å². The number of ketones is 1. The number of hydrogen-bond acceptors (Lipinski definition) is 9. The van der Waals surface area contributed by atoms with Crippen LogP contribution in [-0.2, 0) is 34.0 Å². The number of Topliss-reactive ketones (excluding diaryl/α,β-unsaturated/α-hetero) is 1. The first-order valence-corrected chi connectivity index (χ1v) is 19.9. The van der Waals surface area contributed by atoms with Crippen molar-refractivity contribution in [2.45, 2.75) is 89.2 Å². The van der Waals surface area contributed by atoms with Crippen LogP contribution in [0.25, 0.3) is 17.2 Å². The Bertz CT molecular complexity index is 2030. The third kappa shape index (κ3) is 7.27. The van der Waals surface area contributed by atoms with E-state index < -0.39 is 73.9 Å². The van der Waals surface area contributed by atoms with Gasteiger partial charge in [-0.1, -0.05) is 80.6 Å². The molecule has 2 N–H and O–H groups in total. The summed E-state index contributed by atoms with van der Waals surface area (Å²) in [6.45, 7) is 9.38. The molecule has 280 valence electrons. The predicted octanol–water partition coefficient (Wildman–Crippen LogP) is 5.11. The van der Waals surface area contributed by atoms with E-state index >= 15 is 0 Å². The number of nitrogens with one attached hydrogen (secondary N) is 2. The summed E-state index contributed by atoms with van der Waals surface area (Å²) in [5.74, 6) is -2.04. The van der Waals surface area contributed by atoms with E-state index in [1.54, 1.807) is 6.08 Å². The highest BCUT2D eigenvalue weighted by molar-refractivity contribution is 7.90. The van der Waals surface area contributed by atoms with Crippen molar-refractivity contribution in [1.29, 1.82) is 0 Å². The van der Waals surface area contributed by atoms with Crippen LogP contribution in [0.15, 0.2) is 66.4 Å². The molecule has 0 radical (unpaired) electrons. The molecular weight excluding hydrogens is 697 g/mol. The second-order valence-electron chi connectivity index (χ2n) is 15.9. The maximum absolute atomic E-state index is 14.5. The number of nitrogens with zero attached hydrogens (tertiary/aromatic N) is 2. The molecule has 2 aromatic rings. The Balaban J connectivity index is 1.22. The van der Waals surface area contributed by atoms with Crippen molar-refractivity contribution in [2.24, 2.45) is 21.9 Å². The Morgan fingerprint density at radius 2 is 1.83 bits per heavy atom. The number of carbonyl (C=O) groups excluding carboxylic acids is 4. The quantitative estimate of drug-likeness (QED) is 0.316. The van der Waals surface area contributed by atoms with Crippen LogP contribution in [-0.4, -0.2) is 79.3 Å². The molecule has 2 aliphatic heterocycles. The fraction of sp³-hybridized carbons (Fsp3) is 0.475. The lowest BCUT2D eigenvalue weighted by atomic mass is 9.85. The number of hydrogen-bond donors (Lipinski definition) is 2. The third-order valence-corrected chi connectivity index (χ3v) is 12.8. The molecule has 0 aromatic heterocycles. The highest BCUT2D eigenvalue weighted by Crippen LogP contribution is 2.57. The van der Waals surface area contributed by atoms with Crippen molar-refractivity contribution in [3.63, 3.8) is 0 Å². The van der Waals surface area contributed by atoms with Crippen LogP contribution in [0.1, 0.15) is 82.4 Å². The molecule has 1 saturated heterocycles. The lowest BCUT2D eigenvalue weighted by molar-refractivity contribution is -0.142. The number of amides is 3. The van der Waals surface area contributed by atoms with E-state index in [0.29, 0.717) is 31.4 Å². The highest BCUT2D eigenvalue weighted by Gasteiger charge is 2.61. The molecule has 4 bridgehead atoms. The monoisotopic (exact) mass is 742 g/mol. The van der Waals surface area contributed by atoms with E-state index in [1.807, 2.05) is 63.3 Å². The van der Waals surface area contributed by atoms with Crippen LogP contribution in [0.5, 0.6) is 0 Å². The number of rotatable bonds is 7. The van der Waals surface area contributed by atoms with Gasteiger partial charge in [0.05, 0.1) is 29.9 Å². The number of allylic oxidation sites excluding steroid dienone is 2. The summed E-state index contributed by atoms with van der Waals surface area (Å²) in [7, 11) is -3.85. The summed E-state index contributed by atoms with van der Waals surface area (Å²) in [4.78, 5) is 63.1. The second-order valence-corrected chi connectivity index (χ2v) is 17.9. The lowest BCUT2D eigenvalue weighted by Gasteiger charge is -2.35. The topological polar surface area (TPSA) is 161 Å². The van der Waals surface area contributed by atoms with Gasteiger partial charge in [0.25, 0.3) is 0 Å². The molecule has 0 spiro atoms. The van der Waals surface area contributed by atoms with Crippen molar-refractivity contribution in [3.8, 4) is 11.1 Å². The van der Waals surface area contributed by atoms with Gasteiger partial charge in [0.15, 0.2) is 5.78 Å². The zero-order valence-corrected chi connectivity index (χ0v) is 31.1. The highest BCUT2D eigenvalue weighted by atomic mass is 32.2. The first-order chi connectivity index (χ1) is 25.2. The summed E-state index contributed by atoms with van der Waals surface area (Å²) in [6, 6.07) is 12.0. The van der Waals surface area contributed by atoms with Gasteiger partial charge in [-0.3, -0.25) is 19.1 Å². The maximum Gasteiger partial charge on any atom is 0.407 e. The van der Waals surface area contributed by atoms with E-state index in [9.17, 15) is 27.6 Å². The minimum absolute atomic E-state index is 0.00719. The van der Waals surface area contributed by atoms with Crippen LogP contribution in [0, 0.1) is 16.7 Å². The van der Waals surface area contributed by atoms with E-state index in [2.05, 4.69) is 33.9 Å². The standard InChI is InChI=1S/C40H46N4O8S/c1-5-25-21-40(25,37(47)43-53(49,50)27-15-16-27)22-33(45)32-20-26-23-44(32)36(46)35(39(2,3)4)41-38(48)51-18-10-6-7-11-24-14-17-29-28-12-8-9-13-30(28)34(42-52-26)31(29)19-24/h5,7-9,11-14,17,19,25-27,32,35H,1,6,10,15-16,18,20-23H2,2-4H3,(H,41,48)(H,43,47)/b11-7+,42-34-/t25-,26-,32+,35-,40-/m1/s1. The molecule has 13 heteroatoms. The lowest BCUT2D eigenvalue weighted by Crippen LogP contribution is -2.57.